The molecule has 21 heavy (non-hydrogen) atoms. The first-order chi connectivity index (χ1) is 10.2. The van der Waals surface area contributed by atoms with Gasteiger partial charge < -0.3 is 14.3 Å². The average Bonchev–Trinajstić information content (AvgIpc) is 2.89. The summed E-state index contributed by atoms with van der Waals surface area (Å²) in [4.78, 5) is 15.5. The molecule has 0 bridgehead atoms. The molecular weight excluding hydrogens is 270 g/mol. The van der Waals surface area contributed by atoms with E-state index in [2.05, 4.69) is 4.98 Å². The third kappa shape index (κ3) is 2.91. The average molecular weight is 287 g/mol. The molecule has 1 atom stereocenters. The number of hydrogen-bond donors (Lipinski definition) is 1. The molecule has 3 rings (SSSR count). The highest BCUT2D eigenvalue weighted by Crippen LogP contribution is 2.27. The highest BCUT2D eigenvalue weighted by atomic mass is 16.5. The van der Waals surface area contributed by atoms with Gasteiger partial charge in [0.25, 0.3) is 0 Å². The molecule has 1 unspecified atom stereocenters. The summed E-state index contributed by atoms with van der Waals surface area (Å²) in [5, 5.41) is 9.08. The SMILES string of the molecule is COc1ccc(Cc2nc3c(o2)CC(C(=O)O)CC3)cc1. The Labute approximate surface area is 122 Å². The van der Waals surface area contributed by atoms with Crippen LogP contribution < -0.4 is 4.74 Å². The van der Waals surface area contributed by atoms with Gasteiger partial charge in [0, 0.05) is 12.8 Å². The van der Waals surface area contributed by atoms with E-state index in [1.54, 1.807) is 7.11 Å². The van der Waals surface area contributed by atoms with Gasteiger partial charge in [0.15, 0.2) is 5.89 Å². The maximum Gasteiger partial charge on any atom is 0.306 e. The molecule has 0 fully saturated rings. The Morgan fingerprint density at radius 1 is 1.43 bits per heavy atom. The monoisotopic (exact) mass is 287 g/mol. The minimum absolute atomic E-state index is 0.348. The van der Waals surface area contributed by atoms with Crippen molar-refractivity contribution in [2.75, 3.05) is 7.11 Å². The van der Waals surface area contributed by atoms with Gasteiger partial charge in [0.05, 0.1) is 18.7 Å². The van der Waals surface area contributed by atoms with E-state index in [-0.39, 0.29) is 5.92 Å². The third-order valence-corrected chi connectivity index (χ3v) is 3.85. The summed E-state index contributed by atoms with van der Waals surface area (Å²) in [6.45, 7) is 0. The summed E-state index contributed by atoms with van der Waals surface area (Å²) in [5.41, 5.74) is 2.00. The van der Waals surface area contributed by atoms with Crippen LogP contribution in [0.4, 0.5) is 0 Å². The number of nitrogens with zero attached hydrogens (tertiary/aromatic N) is 1. The number of fused-ring (bicyclic) bond motifs is 1. The highest BCUT2D eigenvalue weighted by molar-refractivity contribution is 5.70. The normalized spacial score (nSPS) is 17.3. The zero-order valence-corrected chi connectivity index (χ0v) is 11.8. The number of ether oxygens (including phenoxy) is 1. The molecule has 5 heteroatoms. The number of rotatable bonds is 4. The number of benzene rings is 1. The Kier molecular flexibility index (Phi) is 3.64. The van der Waals surface area contributed by atoms with Crippen LogP contribution in [0.2, 0.25) is 0 Å². The van der Waals surface area contributed by atoms with E-state index in [1.165, 1.54) is 0 Å². The van der Waals surface area contributed by atoms with E-state index in [0.29, 0.717) is 31.6 Å². The topological polar surface area (TPSA) is 72.6 Å². The fourth-order valence-corrected chi connectivity index (χ4v) is 2.63. The molecule has 0 saturated heterocycles. The fourth-order valence-electron chi connectivity index (χ4n) is 2.63. The van der Waals surface area contributed by atoms with Crippen molar-refractivity contribution in [3.8, 4) is 5.75 Å². The van der Waals surface area contributed by atoms with E-state index in [1.807, 2.05) is 24.3 Å². The van der Waals surface area contributed by atoms with Crippen LogP contribution >= 0.6 is 0 Å². The summed E-state index contributed by atoms with van der Waals surface area (Å²) >= 11 is 0. The van der Waals surface area contributed by atoms with Crippen molar-refractivity contribution < 1.29 is 19.1 Å². The maximum atomic E-state index is 11.0. The molecule has 1 N–H and O–H groups in total. The molecule has 1 heterocycles. The quantitative estimate of drug-likeness (QED) is 0.935. The molecule has 5 nitrogen and oxygen atoms in total. The van der Waals surface area contributed by atoms with Crippen molar-refractivity contribution in [2.24, 2.45) is 5.92 Å². The van der Waals surface area contributed by atoms with Gasteiger partial charge in [0.1, 0.15) is 11.5 Å². The molecule has 1 aromatic carbocycles. The zero-order chi connectivity index (χ0) is 14.8. The second kappa shape index (κ2) is 5.60. The zero-order valence-electron chi connectivity index (χ0n) is 11.8. The largest absolute Gasteiger partial charge is 0.497 e. The number of aliphatic carboxylic acids is 1. The van der Waals surface area contributed by atoms with Crippen molar-refractivity contribution >= 4 is 5.97 Å². The van der Waals surface area contributed by atoms with Crippen molar-refractivity contribution in [2.45, 2.75) is 25.7 Å². The Hall–Kier alpha value is -2.30. The van der Waals surface area contributed by atoms with Crippen molar-refractivity contribution in [1.29, 1.82) is 0 Å². The lowest BCUT2D eigenvalue weighted by molar-refractivity contribution is -0.142. The van der Waals surface area contributed by atoms with E-state index in [0.717, 1.165) is 22.8 Å². The van der Waals surface area contributed by atoms with E-state index >= 15 is 0 Å². The second-order valence-electron chi connectivity index (χ2n) is 5.28. The number of carboxylic acid groups (broad SMARTS) is 1. The molecular formula is C16H17NO4. The number of hydrogen-bond acceptors (Lipinski definition) is 4. The Bertz CT molecular complexity index is 645. The number of carboxylic acids is 1. The Morgan fingerprint density at radius 2 is 2.19 bits per heavy atom. The molecule has 2 aromatic rings. The van der Waals surface area contributed by atoms with E-state index in [9.17, 15) is 4.79 Å². The first-order valence-electron chi connectivity index (χ1n) is 6.99. The lowest BCUT2D eigenvalue weighted by Crippen LogP contribution is -2.21. The Morgan fingerprint density at radius 3 is 2.86 bits per heavy atom. The number of oxazole rings is 1. The van der Waals surface area contributed by atoms with E-state index in [4.69, 9.17) is 14.3 Å². The Balaban J connectivity index is 1.74. The minimum atomic E-state index is -0.756. The lowest BCUT2D eigenvalue weighted by atomic mass is 9.91. The van der Waals surface area contributed by atoms with Gasteiger partial charge in [-0.1, -0.05) is 12.1 Å². The molecule has 1 aliphatic carbocycles. The smallest absolute Gasteiger partial charge is 0.306 e. The van der Waals surface area contributed by atoms with Crippen molar-refractivity contribution in [3.63, 3.8) is 0 Å². The van der Waals surface area contributed by atoms with Crippen molar-refractivity contribution in [1.82, 2.24) is 4.98 Å². The summed E-state index contributed by atoms with van der Waals surface area (Å²) in [6, 6.07) is 7.75. The van der Waals surface area contributed by atoms with Gasteiger partial charge in [-0.25, -0.2) is 4.98 Å². The lowest BCUT2D eigenvalue weighted by Gasteiger charge is -2.15. The summed E-state index contributed by atoms with van der Waals surface area (Å²) in [7, 11) is 1.63. The maximum absolute atomic E-state index is 11.0. The van der Waals surface area contributed by atoms with Gasteiger partial charge in [-0.15, -0.1) is 0 Å². The molecule has 1 aromatic heterocycles. The van der Waals surface area contributed by atoms with Gasteiger partial charge in [-0.3, -0.25) is 4.79 Å². The number of methoxy groups -OCH3 is 1. The molecule has 0 saturated carbocycles. The van der Waals surface area contributed by atoms with Crippen molar-refractivity contribution in [3.05, 3.63) is 47.2 Å². The molecule has 0 spiro atoms. The predicted octanol–water partition coefficient (Wildman–Crippen LogP) is 2.46. The predicted molar refractivity (Wildman–Crippen MR) is 75.5 cm³/mol. The molecule has 0 aliphatic heterocycles. The van der Waals surface area contributed by atoms with Crippen LogP contribution in [0.1, 0.15) is 29.3 Å². The molecule has 1 aliphatic rings. The van der Waals surface area contributed by atoms with Crippen LogP contribution in [0.5, 0.6) is 5.75 Å². The number of aryl methyl sites for hydroxylation is 1. The number of aromatic nitrogens is 1. The molecule has 0 radical (unpaired) electrons. The standard InChI is InChI=1S/C16H17NO4/c1-20-12-5-2-10(3-6-12)8-15-17-13-7-4-11(16(18)19)9-14(13)21-15/h2-3,5-6,11H,4,7-9H2,1H3,(H,18,19). The summed E-state index contributed by atoms with van der Waals surface area (Å²) in [6.07, 6.45) is 2.37. The van der Waals surface area contributed by atoms with Crippen LogP contribution in [0.25, 0.3) is 0 Å². The van der Waals surface area contributed by atoms with Crippen LogP contribution in [0.15, 0.2) is 28.7 Å². The second-order valence-corrected chi connectivity index (χ2v) is 5.28. The first-order valence-corrected chi connectivity index (χ1v) is 6.99. The van der Waals surface area contributed by atoms with Crippen LogP contribution in [-0.4, -0.2) is 23.2 Å². The van der Waals surface area contributed by atoms with Gasteiger partial charge >= 0.3 is 5.97 Å². The van der Waals surface area contributed by atoms with Gasteiger partial charge in [0.2, 0.25) is 0 Å². The van der Waals surface area contributed by atoms with Crippen LogP contribution in [-0.2, 0) is 24.1 Å². The van der Waals surface area contributed by atoms with Crippen LogP contribution in [0, 0.1) is 5.92 Å². The summed E-state index contributed by atoms with van der Waals surface area (Å²) < 4.78 is 10.9. The minimum Gasteiger partial charge on any atom is -0.497 e. The number of carbonyl (C=O) groups is 1. The van der Waals surface area contributed by atoms with Gasteiger partial charge in [-0.05, 0) is 30.5 Å². The highest BCUT2D eigenvalue weighted by Gasteiger charge is 2.28. The van der Waals surface area contributed by atoms with Gasteiger partial charge in [-0.2, -0.15) is 0 Å². The third-order valence-electron chi connectivity index (χ3n) is 3.85. The fraction of sp³-hybridized carbons (Fsp3) is 0.375. The molecule has 110 valence electrons. The van der Waals surface area contributed by atoms with Crippen LogP contribution in [0.3, 0.4) is 0 Å². The molecule has 0 amide bonds. The summed E-state index contributed by atoms with van der Waals surface area (Å²) in [5.74, 6) is 1.09. The first kappa shape index (κ1) is 13.7. The van der Waals surface area contributed by atoms with E-state index < -0.39 is 5.97 Å².